The van der Waals surface area contributed by atoms with Crippen molar-refractivity contribution in [2.75, 3.05) is 32.7 Å². The van der Waals surface area contributed by atoms with Crippen LogP contribution in [0.2, 0.25) is 0 Å². The molecule has 1 aromatic rings. The number of nitrogens with zero attached hydrogens (tertiary/aromatic N) is 4. The first kappa shape index (κ1) is 15.6. The Bertz CT molecular complexity index is 493. The first-order valence-corrected chi connectivity index (χ1v) is 9.64. The molecule has 0 amide bonds. The summed E-state index contributed by atoms with van der Waals surface area (Å²) < 4.78 is 5.82. The molecule has 5 heteroatoms. The van der Waals surface area contributed by atoms with Crippen molar-refractivity contribution in [3.8, 4) is 0 Å². The van der Waals surface area contributed by atoms with Crippen molar-refractivity contribution in [1.82, 2.24) is 20.0 Å². The summed E-state index contributed by atoms with van der Waals surface area (Å²) in [4.78, 5) is 5.19. The number of rotatable bonds is 5. The molecule has 0 radical (unpaired) electrons. The first-order valence-electron chi connectivity index (χ1n) is 9.64. The highest BCUT2D eigenvalue weighted by Gasteiger charge is 2.29. The van der Waals surface area contributed by atoms with Crippen molar-refractivity contribution in [3.63, 3.8) is 0 Å². The molecule has 4 rings (SSSR count). The Morgan fingerprint density at radius 3 is 2.43 bits per heavy atom. The van der Waals surface area contributed by atoms with Crippen LogP contribution in [0, 0.1) is 5.92 Å². The van der Waals surface area contributed by atoms with E-state index in [1.807, 2.05) is 0 Å². The van der Waals surface area contributed by atoms with E-state index in [1.165, 1.54) is 71.0 Å². The summed E-state index contributed by atoms with van der Waals surface area (Å²) in [5.74, 6) is 3.19. The summed E-state index contributed by atoms with van der Waals surface area (Å²) in [5, 5.41) is 8.45. The van der Waals surface area contributed by atoms with Gasteiger partial charge in [0.15, 0.2) is 0 Å². The third kappa shape index (κ3) is 4.32. The van der Waals surface area contributed by atoms with Crippen molar-refractivity contribution < 1.29 is 4.42 Å². The minimum absolute atomic E-state index is 0.561. The highest BCUT2D eigenvalue weighted by molar-refractivity contribution is 5.00. The van der Waals surface area contributed by atoms with Gasteiger partial charge in [-0.15, -0.1) is 10.2 Å². The van der Waals surface area contributed by atoms with Crippen molar-refractivity contribution in [2.45, 2.75) is 63.8 Å². The molecule has 1 aromatic heterocycles. The average Bonchev–Trinajstić information content (AvgIpc) is 3.35. The van der Waals surface area contributed by atoms with Crippen LogP contribution in [0.5, 0.6) is 0 Å². The Morgan fingerprint density at radius 2 is 1.61 bits per heavy atom. The third-order valence-corrected chi connectivity index (χ3v) is 5.69. The van der Waals surface area contributed by atoms with E-state index < -0.39 is 0 Å². The summed E-state index contributed by atoms with van der Waals surface area (Å²) in [6, 6.07) is 0. The molecule has 2 aliphatic carbocycles. The van der Waals surface area contributed by atoms with Crippen molar-refractivity contribution >= 4 is 0 Å². The quantitative estimate of drug-likeness (QED) is 0.835. The lowest BCUT2D eigenvalue weighted by Crippen LogP contribution is -2.34. The fraction of sp³-hybridized carbons (Fsp3) is 0.889. The molecule has 128 valence electrons. The lowest BCUT2D eigenvalue weighted by Gasteiger charge is -2.28. The molecular weight excluding hydrogens is 288 g/mol. The smallest absolute Gasteiger partial charge is 0.230 e. The minimum atomic E-state index is 0.561. The highest BCUT2D eigenvalue weighted by Crippen LogP contribution is 2.39. The maximum atomic E-state index is 5.82. The van der Waals surface area contributed by atoms with Crippen LogP contribution in [0.1, 0.15) is 69.1 Å². The fourth-order valence-electron chi connectivity index (χ4n) is 4.12. The van der Waals surface area contributed by atoms with Gasteiger partial charge in [0.25, 0.3) is 0 Å². The second kappa shape index (κ2) is 7.31. The zero-order valence-corrected chi connectivity index (χ0v) is 14.3. The summed E-state index contributed by atoms with van der Waals surface area (Å²) >= 11 is 0. The molecule has 2 heterocycles. The van der Waals surface area contributed by atoms with E-state index >= 15 is 0 Å². The molecule has 3 fully saturated rings. The highest BCUT2D eigenvalue weighted by atomic mass is 16.4. The lowest BCUT2D eigenvalue weighted by molar-refractivity contribution is 0.196. The van der Waals surface area contributed by atoms with Gasteiger partial charge in [-0.2, -0.15) is 0 Å². The molecule has 1 aliphatic heterocycles. The largest absolute Gasteiger partial charge is 0.424 e. The molecular formula is C18H30N4O. The topological polar surface area (TPSA) is 45.4 Å². The summed E-state index contributed by atoms with van der Waals surface area (Å²) in [7, 11) is 0. The fourth-order valence-corrected chi connectivity index (χ4v) is 4.12. The van der Waals surface area contributed by atoms with E-state index in [9.17, 15) is 0 Å². The molecule has 0 unspecified atom stereocenters. The van der Waals surface area contributed by atoms with Gasteiger partial charge in [-0.05, 0) is 51.1 Å². The average molecular weight is 318 g/mol. The van der Waals surface area contributed by atoms with Crippen molar-refractivity contribution in [2.24, 2.45) is 5.92 Å². The molecule has 2 saturated carbocycles. The van der Waals surface area contributed by atoms with E-state index in [2.05, 4.69) is 20.0 Å². The van der Waals surface area contributed by atoms with E-state index in [1.54, 1.807) is 0 Å². The Kier molecular flexibility index (Phi) is 4.95. The van der Waals surface area contributed by atoms with E-state index in [-0.39, 0.29) is 0 Å². The van der Waals surface area contributed by atoms with Crippen LogP contribution >= 0.6 is 0 Å². The van der Waals surface area contributed by atoms with Gasteiger partial charge in [0, 0.05) is 25.6 Å². The third-order valence-electron chi connectivity index (χ3n) is 5.69. The maximum absolute atomic E-state index is 5.82. The lowest BCUT2D eigenvalue weighted by atomic mass is 9.89. The molecule has 0 aromatic carbocycles. The predicted octanol–water partition coefficient (Wildman–Crippen LogP) is 3.04. The first-order chi connectivity index (χ1) is 11.4. The molecule has 0 bridgehead atoms. The van der Waals surface area contributed by atoms with E-state index in [0.717, 1.165) is 37.3 Å². The predicted molar refractivity (Wildman–Crippen MR) is 89.2 cm³/mol. The molecule has 0 N–H and O–H groups in total. The second-order valence-electron chi connectivity index (χ2n) is 7.74. The van der Waals surface area contributed by atoms with Crippen LogP contribution in [0.15, 0.2) is 4.42 Å². The second-order valence-corrected chi connectivity index (χ2v) is 7.74. The number of hydrogen-bond donors (Lipinski definition) is 0. The van der Waals surface area contributed by atoms with Crippen LogP contribution < -0.4 is 0 Å². The normalized spacial score (nSPS) is 25.6. The standard InChI is InChI=1S/C18H30N4O/c1-2-5-15(6-3-1)13-21-9-4-10-22(12-11-21)14-17-19-20-18(23-17)16-7-8-16/h15-16H,1-14H2. The van der Waals surface area contributed by atoms with Gasteiger partial charge < -0.3 is 9.32 Å². The Morgan fingerprint density at radius 1 is 0.826 bits per heavy atom. The van der Waals surface area contributed by atoms with Gasteiger partial charge >= 0.3 is 0 Å². The Balaban J connectivity index is 1.24. The zero-order valence-electron chi connectivity index (χ0n) is 14.3. The van der Waals surface area contributed by atoms with Gasteiger partial charge in [0.05, 0.1) is 6.54 Å². The van der Waals surface area contributed by atoms with Gasteiger partial charge in [0.1, 0.15) is 0 Å². The molecule has 23 heavy (non-hydrogen) atoms. The summed E-state index contributed by atoms with van der Waals surface area (Å²) in [6.45, 7) is 6.89. The molecule has 1 saturated heterocycles. The van der Waals surface area contributed by atoms with Gasteiger partial charge in [0.2, 0.25) is 11.8 Å². The van der Waals surface area contributed by atoms with Gasteiger partial charge in [-0.1, -0.05) is 19.3 Å². The van der Waals surface area contributed by atoms with Crippen LogP contribution in [0.25, 0.3) is 0 Å². The van der Waals surface area contributed by atoms with Crippen LogP contribution in [0.4, 0.5) is 0 Å². The Hall–Kier alpha value is -0.940. The van der Waals surface area contributed by atoms with E-state index in [0.29, 0.717) is 5.92 Å². The Labute approximate surface area is 139 Å². The molecule has 5 nitrogen and oxygen atoms in total. The molecule has 3 aliphatic rings. The SMILES string of the molecule is C1CCC(CN2CCCN(Cc3nnc(C4CC4)o3)CC2)CC1. The molecule has 0 atom stereocenters. The van der Waals surface area contributed by atoms with Crippen molar-refractivity contribution in [1.29, 1.82) is 0 Å². The van der Waals surface area contributed by atoms with Gasteiger partial charge in [-0.3, -0.25) is 4.90 Å². The number of hydrogen-bond acceptors (Lipinski definition) is 5. The zero-order chi connectivity index (χ0) is 15.5. The van der Waals surface area contributed by atoms with Crippen LogP contribution in [-0.2, 0) is 6.54 Å². The monoisotopic (exact) mass is 318 g/mol. The van der Waals surface area contributed by atoms with Crippen LogP contribution in [0.3, 0.4) is 0 Å². The summed E-state index contributed by atoms with van der Waals surface area (Å²) in [5.41, 5.74) is 0. The minimum Gasteiger partial charge on any atom is -0.424 e. The molecule has 0 spiro atoms. The van der Waals surface area contributed by atoms with E-state index in [4.69, 9.17) is 4.42 Å². The van der Waals surface area contributed by atoms with Crippen molar-refractivity contribution in [3.05, 3.63) is 11.8 Å². The summed E-state index contributed by atoms with van der Waals surface area (Å²) in [6.07, 6.45) is 11.0. The van der Waals surface area contributed by atoms with Crippen LogP contribution in [-0.4, -0.2) is 52.7 Å². The number of aromatic nitrogens is 2. The maximum Gasteiger partial charge on any atom is 0.230 e. The van der Waals surface area contributed by atoms with Gasteiger partial charge in [-0.25, -0.2) is 0 Å².